The lowest BCUT2D eigenvalue weighted by Crippen LogP contribution is -2.29. The third-order valence-electron chi connectivity index (χ3n) is 4.79. The first kappa shape index (κ1) is 17.8. The highest BCUT2D eigenvalue weighted by Crippen LogP contribution is 2.36. The maximum absolute atomic E-state index is 9.08. The molecule has 0 aliphatic carbocycles. The third kappa shape index (κ3) is 3.78. The molecule has 0 saturated carbocycles. The van der Waals surface area contributed by atoms with E-state index in [0.29, 0.717) is 5.56 Å². The minimum atomic E-state index is -0.151. The fourth-order valence-electron chi connectivity index (χ4n) is 3.27. The Morgan fingerprint density at radius 1 is 1.08 bits per heavy atom. The molecule has 1 atom stereocenters. The van der Waals surface area contributed by atoms with Crippen LogP contribution in [0.15, 0.2) is 67.0 Å². The Kier molecular flexibility index (Phi) is 5.09. The van der Waals surface area contributed by atoms with Gasteiger partial charge in [0.1, 0.15) is 5.75 Å². The van der Waals surface area contributed by atoms with Gasteiger partial charge in [-0.15, -0.1) is 0 Å². The highest BCUT2D eigenvalue weighted by atomic mass is 16.5. The molecule has 4 nitrogen and oxygen atoms in total. The van der Waals surface area contributed by atoms with Crippen LogP contribution in [0.4, 0.5) is 0 Å². The Balaban J connectivity index is 1.98. The second kappa shape index (κ2) is 7.45. The van der Waals surface area contributed by atoms with Crippen LogP contribution in [-0.4, -0.2) is 16.9 Å². The summed E-state index contributed by atoms with van der Waals surface area (Å²) >= 11 is 0. The molecule has 26 heavy (non-hydrogen) atoms. The summed E-state index contributed by atoms with van der Waals surface area (Å²) < 4.78 is 7.30. The van der Waals surface area contributed by atoms with Crippen molar-refractivity contribution in [2.24, 2.45) is 0 Å². The first-order valence-corrected chi connectivity index (χ1v) is 8.67. The van der Waals surface area contributed by atoms with Crippen LogP contribution in [0, 0.1) is 11.3 Å². The fourth-order valence-corrected chi connectivity index (χ4v) is 3.27. The topological polar surface area (TPSA) is 50.8 Å². The maximum Gasteiger partial charge on any atom is 0.118 e. The van der Waals surface area contributed by atoms with Crippen LogP contribution in [0.5, 0.6) is 5.75 Å². The van der Waals surface area contributed by atoms with Crippen LogP contribution in [0.25, 0.3) is 0 Å². The molecular formula is C22H23N3O. The molecule has 1 aromatic heterocycles. The van der Waals surface area contributed by atoms with Crippen LogP contribution in [0.2, 0.25) is 0 Å². The summed E-state index contributed by atoms with van der Waals surface area (Å²) in [6.45, 7) is 4.39. The van der Waals surface area contributed by atoms with Crippen LogP contribution in [-0.2, 0) is 5.54 Å². The highest BCUT2D eigenvalue weighted by molar-refractivity contribution is 5.39. The van der Waals surface area contributed by atoms with Gasteiger partial charge in [-0.1, -0.05) is 24.3 Å². The summed E-state index contributed by atoms with van der Waals surface area (Å²) in [4.78, 5) is 0. The van der Waals surface area contributed by atoms with Gasteiger partial charge in [0.2, 0.25) is 0 Å². The van der Waals surface area contributed by atoms with Gasteiger partial charge in [-0.05, 0) is 61.7 Å². The number of nitriles is 1. The van der Waals surface area contributed by atoms with E-state index < -0.39 is 0 Å². The number of ether oxygens (including phenoxy) is 1. The van der Waals surface area contributed by atoms with Crippen LogP contribution >= 0.6 is 0 Å². The van der Waals surface area contributed by atoms with E-state index in [9.17, 15) is 0 Å². The predicted octanol–water partition coefficient (Wildman–Crippen LogP) is 4.72. The highest BCUT2D eigenvalue weighted by Gasteiger charge is 2.27. The molecule has 0 amide bonds. The zero-order valence-corrected chi connectivity index (χ0v) is 15.4. The molecule has 1 heterocycles. The molecule has 3 rings (SSSR count). The van der Waals surface area contributed by atoms with E-state index in [1.807, 2.05) is 59.5 Å². The number of methoxy groups -OCH3 is 1. The van der Waals surface area contributed by atoms with Crippen molar-refractivity contribution >= 4 is 0 Å². The van der Waals surface area contributed by atoms with Gasteiger partial charge in [0, 0.05) is 18.3 Å². The van der Waals surface area contributed by atoms with Gasteiger partial charge in [-0.25, -0.2) is 0 Å². The summed E-state index contributed by atoms with van der Waals surface area (Å²) in [5, 5.41) is 13.5. The molecular weight excluding hydrogens is 322 g/mol. The minimum Gasteiger partial charge on any atom is -0.497 e. The molecule has 0 spiro atoms. The molecule has 1 unspecified atom stereocenters. The predicted molar refractivity (Wildman–Crippen MR) is 102 cm³/mol. The van der Waals surface area contributed by atoms with Crippen LogP contribution < -0.4 is 4.74 Å². The van der Waals surface area contributed by atoms with E-state index in [-0.39, 0.29) is 11.5 Å². The summed E-state index contributed by atoms with van der Waals surface area (Å²) in [5.74, 6) is 1.03. The van der Waals surface area contributed by atoms with Crippen LogP contribution in [0.1, 0.15) is 42.9 Å². The minimum absolute atomic E-state index is 0.151. The molecule has 0 fully saturated rings. The van der Waals surface area contributed by atoms with E-state index in [2.05, 4.69) is 37.1 Å². The van der Waals surface area contributed by atoms with E-state index >= 15 is 0 Å². The first-order chi connectivity index (χ1) is 12.5. The Labute approximate surface area is 154 Å². The van der Waals surface area contributed by atoms with E-state index in [0.717, 1.165) is 12.2 Å². The Hall–Kier alpha value is -3.06. The lowest BCUT2D eigenvalue weighted by molar-refractivity contribution is 0.282. The average Bonchev–Trinajstić information content (AvgIpc) is 3.22. The molecule has 0 aliphatic heterocycles. The summed E-state index contributed by atoms with van der Waals surface area (Å²) in [7, 11) is 1.67. The third-order valence-corrected chi connectivity index (χ3v) is 4.79. The summed E-state index contributed by atoms with van der Waals surface area (Å²) in [6.07, 6.45) is 4.70. The van der Waals surface area contributed by atoms with Crippen molar-refractivity contribution in [3.63, 3.8) is 0 Å². The first-order valence-electron chi connectivity index (χ1n) is 8.67. The molecule has 0 saturated heterocycles. The number of aromatic nitrogens is 2. The zero-order valence-electron chi connectivity index (χ0n) is 15.4. The van der Waals surface area contributed by atoms with Crippen molar-refractivity contribution in [1.29, 1.82) is 5.26 Å². The maximum atomic E-state index is 9.08. The largest absolute Gasteiger partial charge is 0.497 e. The van der Waals surface area contributed by atoms with Crippen molar-refractivity contribution in [2.75, 3.05) is 7.11 Å². The fraction of sp³-hybridized carbons (Fsp3) is 0.273. The van der Waals surface area contributed by atoms with Gasteiger partial charge in [0.25, 0.3) is 0 Å². The Bertz CT molecular complexity index is 873. The molecule has 0 bridgehead atoms. The molecule has 132 valence electrons. The monoisotopic (exact) mass is 345 g/mol. The molecule has 0 N–H and O–H groups in total. The number of hydrogen-bond donors (Lipinski definition) is 0. The summed E-state index contributed by atoms with van der Waals surface area (Å²) in [5.41, 5.74) is 2.93. The number of hydrogen-bond acceptors (Lipinski definition) is 3. The van der Waals surface area contributed by atoms with Gasteiger partial charge in [-0.3, -0.25) is 4.68 Å². The second-order valence-electron chi connectivity index (χ2n) is 7.03. The smallest absolute Gasteiger partial charge is 0.118 e. The van der Waals surface area contributed by atoms with Gasteiger partial charge in [-0.2, -0.15) is 10.4 Å². The standard InChI is InChI=1S/C22H23N3O/c1-22(2,25-14-4-13-24-25)15-21(18-7-5-17(16-23)6-8-18)19-9-11-20(26-3)12-10-19/h4-14,21H,15H2,1-3H3. The van der Waals surface area contributed by atoms with Crippen molar-refractivity contribution in [2.45, 2.75) is 31.7 Å². The van der Waals surface area contributed by atoms with Crippen molar-refractivity contribution in [3.05, 3.63) is 83.7 Å². The molecule has 2 aromatic carbocycles. The van der Waals surface area contributed by atoms with Crippen molar-refractivity contribution in [1.82, 2.24) is 9.78 Å². The number of rotatable bonds is 6. The molecule has 0 radical (unpaired) electrons. The van der Waals surface area contributed by atoms with Gasteiger partial charge in [0.15, 0.2) is 0 Å². The van der Waals surface area contributed by atoms with Gasteiger partial charge >= 0.3 is 0 Å². The lowest BCUT2D eigenvalue weighted by atomic mass is 9.81. The average molecular weight is 345 g/mol. The van der Waals surface area contributed by atoms with Crippen molar-refractivity contribution in [3.8, 4) is 11.8 Å². The molecule has 0 aliphatic rings. The molecule has 3 aromatic rings. The van der Waals surface area contributed by atoms with Crippen molar-refractivity contribution < 1.29 is 4.74 Å². The van der Waals surface area contributed by atoms with E-state index in [4.69, 9.17) is 10.00 Å². The van der Waals surface area contributed by atoms with Gasteiger partial charge in [0.05, 0.1) is 24.3 Å². The second-order valence-corrected chi connectivity index (χ2v) is 7.03. The summed E-state index contributed by atoms with van der Waals surface area (Å²) in [6, 6.07) is 20.2. The normalized spacial score (nSPS) is 12.4. The van der Waals surface area contributed by atoms with E-state index in [1.54, 1.807) is 7.11 Å². The lowest BCUT2D eigenvalue weighted by Gasteiger charge is -2.31. The number of benzene rings is 2. The molecule has 4 heteroatoms. The number of nitrogens with zero attached hydrogens (tertiary/aromatic N) is 3. The zero-order chi connectivity index (χ0) is 18.6. The quantitative estimate of drug-likeness (QED) is 0.649. The van der Waals surface area contributed by atoms with E-state index in [1.165, 1.54) is 11.1 Å². The SMILES string of the molecule is COc1ccc(C(CC(C)(C)n2cccn2)c2ccc(C#N)cc2)cc1. The van der Waals surface area contributed by atoms with Crippen LogP contribution in [0.3, 0.4) is 0 Å². The van der Waals surface area contributed by atoms with Gasteiger partial charge < -0.3 is 4.74 Å². The Morgan fingerprint density at radius 3 is 2.19 bits per heavy atom. The Morgan fingerprint density at radius 2 is 1.69 bits per heavy atom.